The van der Waals surface area contributed by atoms with Crippen LogP contribution in [0.15, 0.2) is 89.7 Å². The van der Waals surface area contributed by atoms with E-state index < -0.39 is 16.7 Å². The summed E-state index contributed by atoms with van der Waals surface area (Å²) < 4.78 is 5.13. The quantitative estimate of drug-likeness (QED) is 0.238. The third-order valence-corrected chi connectivity index (χ3v) is 4.42. The van der Waals surface area contributed by atoms with Crippen LogP contribution in [0.4, 0.5) is 5.69 Å². The summed E-state index contributed by atoms with van der Waals surface area (Å²) in [5, 5.41) is 17.3. The highest BCUT2D eigenvalue weighted by Crippen LogP contribution is 2.14. The first-order valence-corrected chi connectivity index (χ1v) is 9.76. The van der Waals surface area contributed by atoms with Crippen LogP contribution in [-0.4, -0.2) is 30.1 Å². The van der Waals surface area contributed by atoms with Crippen LogP contribution < -0.4 is 15.5 Å². The number of benzene rings is 3. The topological polar surface area (TPSA) is 123 Å². The first kappa shape index (κ1) is 22.9. The van der Waals surface area contributed by atoms with Gasteiger partial charge in [-0.15, -0.1) is 0 Å². The van der Waals surface area contributed by atoms with Gasteiger partial charge in [0.1, 0.15) is 11.4 Å². The summed E-state index contributed by atoms with van der Waals surface area (Å²) in [7, 11) is 1.54. The lowest BCUT2D eigenvalue weighted by Crippen LogP contribution is -2.32. The van der Waals surface area contributed by atoms with Crippen molar-refractivity contribution >= 4 is 29.8 Å². The number of non-ortho nitro benzene ring substituents is 1. The summed E-state index contributed by atoms with van der Waals surface area (Å²) in [6.07, 6.45) is 2.77. The second-order valence-corrected chi connectivity index (χ2v) is 6.70. The van der Waals surface area contributed by atoms with Crippen molar-refractivity contribution in [2.45, 2.75) is 0 Å². The average molecular weight is 444 g/mol. The van der Waals surface area contributed by atoms with Gasteiger partial charge >= 0.3 is 0 Å². The van der Waals surface area contributed by atoms with Gasteiger partial charge in [-0.05, 0) is 35.9 Å². The first-order valence-electron chi connectivity index (χ1n) is 9.76. The largest absolute Gasteiger partial charge is 0.497 e. The SMILES string of the molecule is COc1ccc(C=C(NC(=O)c2ccccc2)C(=O)NN=Cc2cccc([N+](=O)[O-])c2)cc1. The summed E-state index contributed by atoms with van der Waals surface area (Å²) >= 11 is 0. The molecule has 33 heavy (non-hydrogen) atoms. The Morgan fingerprint density at radius 2 is 1.70 bits per heavy atom. The number of rotatable bonds is 8. The third kappa shape index (κ3) is 6.59. The van der Waals surface area contributed by atoms with Crippen LogP contribution in [0.3, 0.4) is 0 Å². The molecule has 166 valence electrons. The molecule has 0 fully saturated rings. The third-order valence-electron chi connectivity index (χ3n) is 4.42. The predicted octanol–water partition coefficient (Wildman–Crippen LogP) is 3.52. The number of hydrazone groups is 1. The molecule has 0 saturated heterocycles. The molecule has 0 unspecified atom stereocenters. The lowest BCUT2D eigenvalue weighted by molar-refractivity contribution is -0.384. The van der Waals surface area contributed by atoms with Crippen molar-refractivity contribution in [1.82, 2.24) is 10.7 Å². The van der Waals surface area contributed by atoms with E-state index in [-0.39, 0.29) is 11.4 Å². The maximum atomic E-state index is 12.8. The smallest absolute Gasteiger partial charge is 0.287 e. The van der Waals surface area contributed by atoms with Crippen molar-refractivity contribution < 1.29 is 19.2 Å². The standard InChI is InChI=1S/C24H20N4O5/c1-33-21-12-10-17(11-13-21)15-22(26-23(29)19-7-3-2-4-8-19)24(30)27-25-16-18-6-5-9-20(14-18)28(31)32/h2-16H,1H3,(H,26,29)(H,27,30). The van der Waals surface area contributed by atoms with E-state index in [0.717, 1.165) is 0 Å². The van der Waals surface area contributed by atoms with Crippen molar-refractivity contribution in [3.8, 4) is 5.75 Å². The zero-order chi connectivity index (χ0) is 23.6. The van der Waals surface area contributed by atoms with Crippen LogP contribution in [0, 0.1) is 10.1 Å². The molecule has 2 amide bonds. The Morgan fingerprint density at radius 3 is 2.36 bits per heavy atom. The molecule has 3 rings (SSSR count). The normalized spacial score (nSPS) is 11.1. The summed E-state index contributed by atoms with van der Waals surface area (Å²) in [4.78, 5) is 35.7. The highest BCUT2D eigenvalue weighted by atomic mass is 16.6. The Kier molecular flexibility index (Phi) is 7.63. The lowest BCUT2D eigenvalue weighted by atomic mass is 10.1. The predicted molar refractivity (Wildman–Crippen MR) is 124 cm³/mol. The number of nitrogens with one attached hydrogen (secondary N) is 2. The second kappa shape index (κ2) is 11.0. The fraction of sp³-hybridized carbons (Fsp3) is 0.0417. The van der Waals surface area contributed by atoms with Gasteiger partial charge in [-0.3, -0.25) is 19.7 Å². The Hall–Kier alpha value is -4.79. The second-order valence-electron chi connectivity index (χ2n) is 6.70. The minimum atomic E-state index is -0.670. The first-order chi connectivity index (χ1) is 16.0. The minimum Gasteiger partial charge on any atom is -0.497 e. The van der Waals surface area contributed by atoms with Crippen molar-refractivity contribution in [2.24, 2.45) is 5.10 Å². The van der Waals surface area contributed by atoms with Gasteiger partial charge in [-0.1, -0.05) is 42.5 Å². The van der Waals surface area contributed by atoms with E-state index in [4.69, 9.17) is 4.74 Å². The molecule has 9 heteroatoms. The number of carbonyl (C=O) groups excluding carboxylic acids is 2. The van der Waals surface area contributed by atoms with Crippen LogP contribution in [0.5, 0.6) is 5.75 Å². The molecule has 0 bridgehead atoms. The van der Waals surface area contributed by atoms with Gasteiger partial charge in [-0.2, -0.15) is 5.10 Å². The lowest BCUT2D eigenvalue weighted by Gasteiger charge is -2.09. The Bertz CT molecular complexity index is 1210. The number of nitro groups is 1. The van der Waals surface area contributed by atoms with E-state index in [1.807, 2.05) is 0 Å². The van der Waals surface area contributed by atoms with Crippen molar-refractivity contribution in [3.05, 3.63) is 111 Å². The van der Waals surface area contributed by atoms with Crippen LogP contribution >= 0.6 is 0 Å². The molecule has 2 N–H and O–H groups in total. The summed E-state index contributed by atoms with van der Waals surface area (Å²) in [5.74, 6) is -0.488. The number of ether oxygens (including phenoxy) is 1. The Balaban J connectivity index is 1.80. The molecule has 9 nitrogen and oxygen atoms in total. The molecule has 0 spiro atoms. The number of hydrogen-bond acceptors (Lipinski definition) is 6. The van der Waals surface area contributed by atoms with Crippen molar-refractivity contribution in [3.63, 3.8) is 0 Å². The number of amides is 2. The molecule has 0 atom stereocenters. The number of hydrogen-bond donors (Lipinski definition) is 2. The molecule has 0 radical (unpaired) electrons. The van der Waals surface area contributed by atoms with Gasteiger partial charge in [0.15, 0.2) is 0 Å². The maximum absolute atomic E-state index is 12.8. The molecule has 0 saturated carbocycles. The molecule has 0 aromatic heterocycles. The van der Waals surface area contributed by atoms with Crippen molar-refractivity contribution in [1.29, 1.82) is 0 Å². The van der Waals surface area contributed by atoms with Gasteiger partial charge in [0.2, 0.25) is 0 Å². The van der Waals surface area contributed by atoms with Crippen molar-refractivity contribution in [2.75, 3.05) is 7.11 Å². The van der Waals surface area contributed by atoms with Crippen LogP contribution in [0.1, 0.15) is 21.5 Å². The molecule has 3 aromatic rings. The highest BCUT2D eigenvalue weighted by Gasteiger charge is 2.14. The van der Waals surface area contributed by atoms with Gasteiger partial charge < -0.3 is 10.1 Å². The van der Waals surface area contributed by atoms with Gasteiger partial charge in [0.05, 0.1) is 18.2 Å². The van der Waals surface area contributed by atoms with Crippen LogP contribution in [-0.2, 0) is 4.79 Å². The average Bonchev–Trinajstić information content (AvgIpc) is 2.84. The monoisotopic (exact) mass is 444 g/mol. The molecule has 0 heterocycles. The number of nitro benzene ring substituents is 1. The van der Waals surface area contributed by atoms with E-state index in [2.05, 4.69) is 15.8 Å². The fourth-order valence-electron chi connectivity index (χ4n) is 2.75. The summed E-state index contributed by atoms with van der Waals surface area (Å²) in [6.45, 7) is 0. The van der Waals surface area contributed by atoms with Crippen LogP contribution in [0.2, 0.25) is 0 Å². The van der Waals surface area contributed by atoms with E-state index in [0.29, 0.717) is 22.4 Å². The number of nitrogens with zero attached hydrogens (tertiary/aromatic N) is 2. The van der Waals surface area contributed by atoms with E-state index in [9.17, 15) is 19.7 Å². The van der Waals surface area contributed by atoms with E-state index in [1.165, 1.54) is 30.5 Å². The van der Waals surface area contributed by atoms with E-state index in [1.54, 1.807) is 67.8 Å². The highest BCUT2D eigenvalue weighted by molar-refractivity contribution is 6.05. The number of carbonyl (C=O) groups is 2. The molecule has 0 aliphatic heterocycles. The Morgan fingerprint density at radius 1 is 0.970 bits per heavy atom. The fourth-order valence-corrected chi connectivity index (χ4v) is 2.75. The number of methoxy groups -OCH3 is 1. The molecule has 0 aliphatic carbocycles. The summed E-state index contributed by atoms with van der Waals surface area (Å²) in [6, 6.07) is 21.1. The summed E-state index contributed by atoms with van der Waals surface area (Å²) in [5.41, 5.74) is 3.66. The van der Waals surface area contributed by atoms with Gasteiger partial charge in [-0.25, -0.2) is 5.43 Å². The maximum Gasteiger partial charge on any atom is 0.287 e. The van der Waals surface area contributed by atoms with Gasteiger partial charge in [0.25, 0.3) is 17.5 Å². The van der Waals surface area contributed by atoms with Crippen LogP contribution in [0.25, 0.3) is 6.08 Å². The minimum absolute atomic E-state index is 0.0368. The Labute approximate surface area is 189 Å². The molecular formula is C24H20N4O5. The molecule has 3 aromatic carbocycles. The zero-order valence-corrected chi connectivity index (χ0v) is 17.6. The molecular weight excluding hydrogens is 424 g/mol. The van der Waals surface area contributed by atoms with Gasteiger partial charge in [0, 0.05) is 23.3 Å². The molecule has 0 aliphatic rings. The zero-order valence-electron chi connectivity index (χ0n) is 17.6. The van der Waals surface area contributed by atoms with E-state index >= 15 is 0 Å².